The molecule has 2 nitrogen and oxygen atoms in total. The highest BCUT2D eigenvalue weighted by Gasteiger charge is 2.32. The SMILES string of the molecule is CC1CCCCC1(C)NC[C@@H](C)N. The molecule has 0 aromatic heterocycles. The van der Waals surface area contributed by atoms with Crippen LogP contribution in [0.2, 0.25) is 0 Å². The second kappa shape index (κ2) is 4.43. The minimum Gasteiger partial charge on any atom is -0.327 e. The average Bonchev–Trinajstić information content (AvgIpc) is 2.07. The fourth-order valence-electron chi connectivity index (χ4n) is 2.16. The van der Waals surface area contributed by atoms with Crippen molar-refractivity contribution in [1.29, 1.82) is 0 Å². The predicted molar refractivity (Wildman–Crippen MR) is 57.7 cm³/mol. The lowest BCUT2D eigenvalue weighted by Gasteiger charge is -2.41. The molecule has 0 radical (unpaired) electrons. The molecule has 0 amide bonds. The molecule has 1 fully saturated rings. The first-order valence-corrected chi connectivity index (χ1v) is 5.55. The van der Waals surface area contributed by atoms with Gasteiger partial charge in [-0.3, -0.25) is 0 Å². The fraction of sp³-hybridized carbons (Fsp3) is 1.00. The molecule has 78 valence electrons. The van der Waals surface area contributed by atoms with Gasteiger partial charge in [-0.25, -0.2) is 0 Å². The second-order valence-electron chi connectivity index (χ2n) is 4.92. The van der Waals surface area contributed by atoms with E-state index in [0.29, 0.717) is 5.54 Å². The number of nitrogens with two attached hydrogens (primary N) is 1. The monoisotopic (exact) mass is 184 g/mol. The first-order valence-electron chi connectivity index (χ1n) is 5.55. The summed E-state index contributed by atoms with van der Waals surface area (Å²) in [5.41, 5.74) is 6.09. The molecule has 0 aliphatic heterocycles. The Kier molecular flexibility index (Phi) is 3.74. The van der Waals surface area contributed by atoms with Gasteiger partial charge in [0.25, 0.3) is 0 Å². The quantitative estimate of drug-likeness (QED) is 0.703. The van der Waals surface area contributed by atoms with E-state index in [1.807, 2.05) is 0 Å². The van der Waals surface area contributed by atoms with Crippen LogP contribution in [0.4, 0.5) is 0 Å². The topological polar surface area (TPSA) is 38.0 Å². The van der Waals surface area contributed by atoms with Crippen molar-refractivity contribution in [3.63, 3.8) is 0 Å². The van der Waals surface area contributed by atoms with Crippen LogP contribution in [0.15, 0.2) is 0 Å². The number of rotatable bonds is 3. The van der Waals surface area contributed by atoms with Crippen molar-refractivity contribution in [2.24, 2.45) is 11.7 Å². The maximum Gasteiger partial charge on any atom is 0.0179 e. The zero-order valence-electron chi connectivity index (χ0n) is 9.27. The van der Waals surface area contributed by atoms with Gasteiger partial charge in [-0.05, 0) is 32.6 Å². The normalized spacial score (nSPS) is 37.4. The molecule has 2 unspecified atom stereocenters. The molecule has 1 rings (SSSR count). The molecule has 0 aromatic carbocycles. The van der Waals surface area contributed by atoms with Gasteiger partial charge in [-0.1, -0.05) is 19.8 Å². The summed E-state index contributed by atoms with van der Waals surface area (Å²) in [4.78, 5) is 0. The van der Waals surface area contributed by atoms with Crippen LogP contribution in [-0.4, -0.2) is 18.1 Å². The highest BCUT2D eigenvalue weighted by atomic mass is 15.0. The summed E-state index contributed by atoms with van der Waals surface area (Å²) < 4.78 is 0. The fourth-order valence-corrected chi connectivity index (χ4v) is 2.16. The molecule has 0 saturated heterocycles. The van der Waals surface area contributed by atoms with E-state index in [9.17, 15) is 0 Å². The van der Waals surface area contributed by atoms with E-state index in [0.717, 1.165) is 12.5 Å². The van der Waals surface area contributed by atoms with E-state index < -0.39 is 0 Å². The largest absolute Gasteiger partial charge is 0.327 e. The van der Waals surface area contributed by atoms with Gasteiger partial charge in [0.15, 0.2) is 0 Å². The number of hydrogen-bond donors (Lipinski definition) is 2. The Morgan fingerprint density at radius 2 is 2.23 bits per heavy atom. The lowest BCUT2D eigenvalue weighted by molar-refractivity contribution is 0.172. The van der Waals surface area contributed by atoms with E-state index in [1.165, 1.54) is 25.7 Å². The van der Waals surface area contributed by atoms with E-state index in [1.54, 1.807) is 0 Å². The first kappa shape index (κ1) is 11.0. The molecular formula is C11H24N2. The Labute approximate surface area is 82.3 Å². The predicted octanol–water partition coefficient (Wildman–Crippen LogP) is 1.89. The molecule has 0 heterocycles. The second-order valence-corrected chi connectivity index (χ2v) is 4.92. The highest BCUT2D eigenvalue weighted by Crippen LogP contribution is 2.32. The Hall–Kier alpha value is -0.0800. The third-order valence-corrected chi connectivity index (χ3v) is 3.50. The Morgan fingerprint density at radius 3 is 2.77 bits per heavy atom. The summed E-state index contributed by atoms with van der Waals surface area (Å²) in [5, 5.41) is 3.62. The summed E-state index contributed by atoms with van der Waals surface area (Å²) in [6.07, 6.45) is 5.44. The minimum absolute atomic E-state index is 0.269. The zero-order chi connectivity index (χ0) is 9.90. The molecule has 1 aliphatic carbocycles. The third kappa shape index (κ3) is 2.96. The van der Waals surface area contributed by atoms with Crippen molar-refractivity contribution < 1.29 is 0 Å². The molecule has 0 spiro atoms. The minimum atomic E-state index is 0.269. The van der Waals surface area contributed by atoms with Gasteiger partial charge in [0.1, 0.15) is 0 Å². The lowest BCUT2D eigenvalue weighted by Crippen LogP contribution is -2.52. The third-order valence-electron chi connectivity index (χ3n) is 3.50. The molecular weight excluding hydrogens is 160 g/mol. The lowest BCUT2D eigenvalue weighted by atomic mass is 9.75. The highest BCUT2D eigenvalue weighted by molar-refractivity contribution is 4.91. The van der Waals surface area contributed by atoms with E-state index >= 15 is 0 Å². The molecule has 0 aromatic rings. The molecule has 2 heteroatoms. The summed E-state index contributed by atoms with van der Waals surface area (Å²) in [7, 11) is 0. The standard InChI is InChI=1S/C11H24N2/c1-9-6-4-5-7-11(9,3)13-8-10(2)12/h9-10,13H,4-8,12H2,1-3H3/t9?,10-,11?/m1/s1. The first-order chi connectivity index (χ1) is 6.04. The van der Waals surface area contributed by atoms with E-state index in [-0.39, 0.29) is 6.04 Å². The number of nitrogens with one attached hydrogen (secondary N) is 1. The van der Waals surface area contributed by atoms with Crippen molar-refractivity contribution >= 4 is 0 Å². The van der Waals surface area contributed by atoms with Gasteiger partial charge >= 0.3 is 0 Å². The van der Waals surface area contributed by atoms with E-state index in [4.69, 9.17) is 5.73 Å². The molecule has 3 N–H and O–H groups in total. The van der Waals surface area contributed by atoms with Crippen LogP contribution in [0.5, 0.6) is 0 Å². The smallest absolute Gasteiger partial charge is 0.0179 e. The van der Waals surface area contributed by atoms with Crippen LogP contribution in [0.25, 0.3) is 0 Å². The van der Waals surface area contributed by atoms with Crippen molar-refractivity contribution in [2.75, 3.05) is 6.54 Å². The summed E-state index contributed by atoms with van der Waals surface area (Å²) >= 11 is 0. The van der Waals surface area contributed by atoms with Crippen LogP contribution in [-0.2, 0) is 0 Å². The van der Waals surface area contributed by atoms with Gasteiger partial charge in [0, 0.05) is 18.1 Å². The van der Waals surface area contributed by atoms with E-state index in [2.05, 4.69) is 26.1 Å². The zero-order valence-corrected chi connectivity index (χ0v) is 9.27. The van der Waals surface area contributed by atoms with Gasteiger partial charge < -0.3 is 11.1 Å². The number of hydrogen-bond acceptors (Lipinski definition) is 2. The summed E-state index contributed by atoms with van der Waals surface area (Å²) in [6.45, 7) is 7.71. The molecule has 0 bridgehead atoms. The summed E-state index contributed by atoms with van der Waals surface area (Å²) in [5.74, 6) is 0.792. The Morgan fingerprint density at radius 1 is 1.54 bits per heavy atom. The molecule has 1 saturated carbocycles. The van der Waals surface area contributed by atoms with Crippen LogP contribution < -0.4 is 11.1 Å². The maximum atomic E-state index is 5.75. The van der Waals surface area contributed by atoms with Gasteiger partial charge in [-0.2, -0.15) is 0 Å². The maximum absolute atomic E-state index is 5.75. The van der Waals surface area contributed by atoms with Crippen molar-refractivity contribution in [1.82, 2.24) is 5.32 Å². The van der Waals surface area contributed by atoms with Crippen LogP contribution in [0.3, 0.4) is 0 Å². The molecule has 13 heavy (non-hydrogen) atoms. The van der Waals surface area contributed by atoms with Crippen LogP contribution in [0.1, 0.15) is 46.5 Å². The molecule has 1 aliphatic rings. The Bertz CT molecular complexity index is 156. The molecule has 3 atom stereocenters. The van der Waals surface area contributed by atoms with Gasteiger partial charge in [0.05, 0.1) is 0 Å². The average molecular weight is 184 g/mol. The summed E-state index contributed by atoms with van der Waals surface area (Å²) in [6, 6.07) is 0.269. The van der Waals surface area contributed by atoms with Crippen LogP contribution in [0, 0.1) is 5.92 Å². The van der Waals surface area contributed by atoms with Crippen LogP contribution >= 0.6 is 0 Å². The Balaban J connectivity index is 2.42. The van der Waals surface area contributed by atoms with Gasteiger partial charge in [0.2, 0.25) is 0 Å². The van der Waals surface area contributed by atoms with Gasteiger partial charge in [-0.15, -0.1) is 0 Å². The van der Waals surface area contributed by atoms with Crippen molar-refractivity contribution in [2.45, 2.75) is 58.0 Å². The van der Waals surface area contributed by atoms with Crippen molar-refractivity contribution in [3.8, 4) is 0 Å². The van der Waals surface area contributed by atoms with Crippen molar-refractivity contribution in [3.05, 3.63) is 0 Å².